The van der Waals surface area contributed by atoms with Crippen molar-refractivity contribution >= 4 is 35.2 Å². The SMILES string of the molecule is C1=Nc2c(cccc2-c2ccc3c(c2)C2(c4cc(-c5cccc(C6C=C(c7ccccc7)NC(c7ccccc7)=N6)c5)ccc4S3)c3ccccc3-c3ccccc32)CC1. The Morgan fingerprint density at radius 3 is 1.85 bits per heavy atom. The van der Waals surface area contributed by atoms with Gasteiger partial charge in [-0.3, -0.25) is 9.98 Å². The third kappa shape index (κ3) is 5.52. The van der Waals surface area contributed by atoms with Crippen LogP contribution in [0.1, 0.15) is 57.0 Å². The van der Waals surface area contributed by atoms with Gasteiger partial charge in [-0.2, -0.15) is 0 Å². The van der Waals surface area contributed by atoms with E-state index < -0.39 is 5.41 Å². The fraction of sp³-hybridized carbons (Fsp3) is 0.0714. The van der Waals surface area contributed by atoms with E-state index in [-0.39, 0.29) is 6.04 Å². The Bertz CT molecular complexity index is 3000. The minimum absolute atomic E-state index is 0.164. The number of aliphatic imine (C=N–C) groups is 2. The minimum Gasteiger partial charge on any atom is -0.340 e. The summed E-state index contributed by atoms with van der Waals surface area (Å²) < 4.78 is 0. The summed E-state index contributed by atoms with van der Waals surface area (Å²) in [5, 5.41) is 3.65. The van der Waals surface area contributed by atoms with E-state index in [0.717, 1.165) is 46.8 Å². The number of aryl methyl sites for hydroxylation is 1. The molecule has 1 unspecified atom stereocenters. The molecule has 0 radical (unpaired) electrons. The maximum Gasteiger partial charge on any atom is 0.133 e. The maximum atomic E-state index is 5.31. The molecule has 1 aliphatic carbocycles. The first-order chi connectivity index (χ1) is 29.7. The van der Waals surface area contributed by atoms with Gasteiger partial charge >= 0.3 is 0 Å². The molecule has 8 aromatic carbocycles. The lowest BCUT2D eigenvalue weighted by Gasteiger charge is -2.40. The van der Waals surface area contributed by atoms with Gasteiger partial charge in [0.05, 0.1) is 17.1 Å². The fourth-order valence-corrected chi connectivity index (χ4v) is 11.1. The van der Waals surface area contributed by atoms with Gasteiger partial charge in [0.1, 0.15) is 5.84 Å². The molecule has 0 saturated carbocycles. The number of nitrogens with zero attached hydrogens (tertiary/aromatic N) is 2. The number of hydrogen-bond acceptors (Lipinski definition) is 4. The van der Waals surface area contributed by atoms with Crippen LogP contribution >= 0.6 is 11.8 Å². The zero-order valence-electron chi connectivity index (χ0n) is 32.8. The van der Waals surface area contributed by atoms with E-state index in [0.29, 0.717) is 0 Å². The zero-order chi connectivity index (χ0) is 39.6. The molecular weight excluding hydrogens is 747 g/mol. The van der Waals surface area contributed by atoms with Crippen LogP contribution in [0.25, 0.3) is 39.1 Å². The van der Waals surface area contributed by atoms with Gasteiger partial charge in [0.2, 0.25) is 0 Å². The lowest BCUT2D eigenvalue weighted by molar-refractivity contribution is 0.723. The average Bonchev–Trinajstić information content (AvgIpc) is 3.62. The largest absolute Gasteiger partial charge is 0.340 e. The first-order valence-electron chi connectivity index (χ1n) is 20.8. The summed E-state index contributed by atoms with van der Waals surface area (Å²) >= 11 is 1.89. The van der Waals surface area contributed by atoms with E-state index in [1.807, 2.05) is 17.8 Å². The molecule has 0 fully saturated rings. The van der Waals surface area contributed by atoms with Crippen LogP contribution in [0, 0.1) is 0 Å². The molecule has 1 atom stereocenters. The number of para-hydroxylation sites is 1. The number of rotatable bonds is 5. The fourth-order valence-electron chi connectivity index (χ4n) is 9.94. The molecule has 4 heteroatoms. The lowest BCUT2D eigenvalue weighted by Crippen LogP contribution is -2.32. The Morgan fingerprint density at radius 1 is 0.500 bits per heavy atom. The predicted octanol–water partition coefficient (Wildman–Crippen LogP) is 13.6. The van der Waals surface area contributed by atoms with Gasteiger partial charge in [-0.25, -0.2) is 0 Å². The number of hydrogen-bond donors (Lipinski definition) is 1. The minimum atomic E-state index is -0.512. The molecule has 3 heterocycles. The van der Waals surface area contributed by atoms with Crippen molar-refractivity contribution in [2.45, 2.75) is 34.1 Å². The number of fused-ring (bicyclic) bond motifs is 10. The predicted molar refractivity (Wildman–Crippen MR) is 248 cm³/mol. The van der Waals surface area contributed by atoms with Crippen LogP contribution in [0.5, 0.6) is 0 Å². The van der Waals surface area contributed by atoms with Crippen molar-refractivity contribution < 1.29 is 0 Å². The maximum absolute atomic E-state index is 5.31. The van der Waals surface area contributed by atoms with Crippen molar-refractivity contribution in [3.63, 3.8) is 0 Å². The molecule has 1 N–H and O–H groups in total. The molecule has 12 rings (SSSR count). The normalized spacial score (nSPS) is 16.4. The number of benzene rings is 8. The van der Waals surface area contributed by atoms with E-state index in [4.69, 9.17) is 9.98 Å². The van der Waals surface area contributed by atoms with E-state index in [2.05, 4.69) is 200 Å². The highest BCUT2D eigenvalue weighted by Crippen LogP contribution is 2.63. The van der Waals surface area contributed by atoms with Crippen molar-refractivity contribution in [1.82, 2.24) is 5.32 Å². The second-order valence-corrected chi connectivity index (χ2v) is 17.1. The van der Waals surface area contributed by atoms with Crippen molar-refractivity contribution in [1.29, 1.82) is 0 Å². The summed E-state index contributed by atoms with van der Waals surface area (Å²) in [5.41, 5.74) is 19.0. The molecular formula is C56H39N3S. The van der Waals surface area contributed by atoms with Crippen LogP contribution < -0.4 is 5.32 Å². The second-order valence-electron chi connectivity index (χ2n) is 16.0. The van der Waals surface area contributed by atoms with Gasteiger partial charge < -0.3 is 5.32 Å². The molecule has 3 nitrogen and oxygen atoms in total. The first-order valence-corrected chi connectivity index (χ1v) is 21.6. The smallest absolute Gasteiger partial charge is 0.133 e. The summed E-state index contributed by atoms with van der Waals surface area (Å²) in [6.07, 6.45) is 6.35. The standard InChI is InChI=1S/C56H39N3S/c1-3-14-36(15-4-1)50-35-51(59-55(58-50)38-16-5-2-6-17-38)42-20-11-19-39(32-42)40-27-29-52-48(33-40)56(46-25-9-7-22-44(46)45-23-8-10-26-47(45)56)49-34-41(28-30-53(49)60-52)43-24-12-18-37-21-13-31-57-54(37)43/h1-12,14-20,22-35,51H,13,21H2,(H,58,59). The Labute approximate surface area is 355 Å². The van der Waals surface area contributed by atoms with Crippen LogP contribution in [-0.2, 0) is 11.8 Å². The highest BCUT2D eigenvalue weighted by atomic mass is 32.2. The topological polar surface area (TPSA) is 36.8 Å². The molecule has 0 bridgehead atoms. The second kappa shape index (κ2) is 14.1. The molecule has 0 aromatic heterocycles. The van der Waals surface area contributed by atoms with Gasteiger partial charge in [-0.1, -0.05) is 169 Å². The van der Waals surface area contributed by atoms with E-state index in [1.54, 1.807) is 0 Å². The average molecular weight is 786 g/mol. The van der Waals surface area contributed by atoms with Crippen molar-refractivity contribution in [2.75, 3.05) is 0 Å². The van der Waals surface area contributed by atoms with Crippen molar-refractivity contribution in [3.05, 3.63) is 239 Å². The molecule has 1 spiro atoms. The number of amidine groups is 1. The Hall–Kier alpha value is -7.01. The van der Waals surface area contributed by atoms with E-state index in [9.17, 15) is 0 Å². The van der Waals surface area contributed by atoms with Crippen molar-refractivity contribution in [2.24, 2.45) is 9.98 Å². The van der Waals surface area contributed by atoms with E-state index in [1.165, 1.54) is 71.0 Å². The third-order valence-corrected chi connectivity index (χ3v) is 13.8. The summed E-state index contributed by atoms with van der Waals surface area (Å²) in [6, 6.07) is 68.9. The molecule has 3 aliphatic heterocycles. The van der Waals surface area contributed by atoms with Gasteiger partial charge in [0.25, 0.3) is 0 Å². The highest BCUT2D eigenvalue weighted by molar-refractivity contribution is 7.99. The Balaban J connectivity index is 1.03. The van der Waals surface area contributed by atoms with Crippen LogP contribution in [0.2, 0.25) is 0 Å². The highest BCUT2D eigenvalue weighted by Gasteiger charge is 2.50. The van der Waals surface area contributed by atoms with Crippen LogP contribution in [-0.4, -0.2) is 12.1 Å². The zero-order valence-corrected chi connectivity index (χ0v) is 33.7. The molecule has 284 valence electrons. The van der Waals surface area contributed by atoms with Gasteiger partial charge in [-0.05, 0) is 116 Å². The summed E-state index contributed by atoms with van der Waals surface area (Å²) in [6.45, 7) is 0. The summed E-state index contributed by atoms with van der Waals surface area (Å²) in [5.74, 6) is 0.875. The first kappa shape index (κ1) is 35.0. The molecule has 60 heavy (non-hydrogen) atoms. The van der Waals surface area contributed by atoms with Crippen molar-refractivity contribution in [3.8, 4) is 33.4 Å². The Kier molecular flexibility index (Phi) is 8.21. The van der Waals surface area contributed by atoms with Gasteiger partial charge in [-0.15, -0.1) is 0 Å². The molecule has 4 aliphatic rings. The van der Waals surface area contributed by atoms with Crippen LogP contribution in [0.15, 0.2) is 214 Å². The summed E-state index contributed by atoms with van der Waals surface area (Å²) in [7, 11) is 0. The number of nitrogens with one attached hydrogen (secondary N) is 1. The molecule has 0 saturated heterocycles. The van der Waals surface area contributed by atoms with Gasteiger partial charge in [0, 0.05) is 32.8 Å². The molecule has 0 amide bonds. The monoisotopic (exact) mass is 785 g/mol. The molecule has 8 aromatic rings. The van der Waals surface area contributed by atoms with E-state index >= 15 is 0 Å². The van der Waals surface area contributed by atoms with Crippen LogP contribution in [0.4, 0.5) is 5.69 Å². The quantitative estimate of drug-likeness (QED) is 0.189. The summed E-state index contributed by atoms with van der Waals surface area (Å²) in [4.78, 5) is 12.8. The Morgan fingerprint density at radius 2 is 1.10 bits per heavy atom. The third-order valence-electron chi connectivity index (χ3n) is 12.7. The lowest BCUT2D eigenvalue weighted by atomic mass is 9.66. The van der Waals surface area contributed by atoms with Crippen LogP contribution in [0.3, 0.4) is 0 Å². The van der Waals surface area contributed by atoms with Gasteiger partial charge in [0.15, 0.2) is 0 Å².